The fraction of sp³-hybridized carbons (Fsp3) is 0.727. The van der Waals surface area contributed by atoms with Crippen molar-refractivity contribution < 1.29 is 13.5 Å². The molecule has 94 valence electrons. The highest BCUT2D eigenvalue weighted by molar-refractivity contribution is 7.90. The zero-order chi connectivity index (χ0) is 12.0. The van der Waals surface area contributed by atoms with Gasteiger partial charge in [-0.05, 0) is 18.8 Å². The summed E-state index contributed by atoms with van der Waals surface area (Å²) in [7, 11) is -2.99. The molecular weight excluding hydrogens is 240 g/mol. The molecule has 2 aliphatic rings. The fourth-order valence-electron chi connectivity index (χ4n) is 2.37. The largest absolute Gasteiger partial charge is 0.390 e. The van der Waals surface area contributed by atoms with Crippen LogP contribution in [-0.2, 0) is 35.2 Å². The van der Waals surface area contributed by atoms with Crippen LogP contribution in [0.4, 0.5) is 0 Å². The number of nitrogens with zero attached hydrogens (tertiary/aromatic N) is 2. The molecular formula is C11H16N2O3S. The van der Waals surface area contributed by atoms with Crippen molar-refractivity contribution in [3.05, 3.63) is 17.0 Å². The van der Waals surface area contributed by atoms with Gasteiger partial charge in [0.05, 0.1) is 29.5 Å². The monoisotopic (exact) mass is 256 g/mol. The second-order valence-electron chi connectivity index (χ2n) is 5.00. The molecule has 0 spiro atoms. The van der Waals surface area contributed by atoms with E-state index in [0.717, 1.165) is 17.8 Å². The van der Waals surface area contributed by atoms with Crippen LogP contribution < -0.4 is 0 Å². The Hall–Kier alpha value is -0.880. The maximum absolute atomic E-state index is 11.6. The van der Waals surface area contributed by atoms with Crippen LogP contribution in [-0.4, -0.2) is 29.1 Å². The lowest BCUT2D eigenvalue weighted by Crippen LogP contribution is -2.19. The van der Waals surface area contributed by atoms with Gasteiger partial charge in [0, 0.05) is 18.5 Å². The van der Waals surface area contributed by atoms with Crippen molar-refractivity contribution in [2.45, 2.75) is 38.2 Å². The van der Waals surface area contributed by atoms with Crippen molar-refractivity contribution in [1.29, 1.82) is 0 Å². The Labute approximate surface area is 100 Å². The zero-order valence-electron chi connectivity index (χ0n) is 9.59. The van der Waals surface area contributed by atoms with Crippen LogP contribution in [0.15, 0.2) is 0 Å². The SMILES string of the molecule is O=S1(=O)CCc2nn(CC3CC3)c(CO)c2C1. The van der Waals surface area contributed by atoms with Crippen LogP contribution in [0.5, 0.6) is 0 Å². The number of aliphatic hydroxyl groups is 1. The number of aromatic nitrogens is 2. The molecule has 1 aliphatic heterocycles. The zero-order valence-corrected chi connectivity index (χ0v) is 10.4. The summed E-state index contributed by atoms with van der Waals surface area (Å²) in [5.41, 5.74) is 2.32. The Balaban J connectivity index is 1.99. The molecule has 1 aromatic heterocycles. The number of aliphatic hydroxyl groups excluding tert-OH is 1. The Bertz CT molecular complexity index is 543. The maximum Gasteiger partial charge on any atom is 0.154 e. The van der Waals surface area contributed by atoms with E-state index in [0.29, 0.717) is 18.0 Å². The third-order valence-corrected chi connectivity index (χ3v) is 5.10. The Morgan fingerprint density at radius 3 is 2.82 bits per heavy atom. The van der Waals surface area contributed by atoms with Gasteiger partial charge in [0.2, 0.25) is 0 Å². The smallest absolute Gasteiger partial charge is 0.154 e. The summed E-state index contributed by atoms with van der Waals surface area (Å²) in [5.74, 6) is 0.895. The first kappa shape index (κ1) is 11.2. The normalized spacial score (nSPS) is 22.4. The van der Waals surface area contributed by atoms with Gasteiger partial charge in [-0.2, -0.15) is 5.10 Å². The highest BCUT2D eigenvalue weighted by Gasteiger charge is 2.30. The van der Waals surface area contributed by atoms with Crippen LogP contribution in [0.1, 0.15) is 29.8 Å². The molecule has 17 heavy (non-hydrogen) atoms. The van der Waals surface area contributed by atoms with Crippen molar-refractivity contribution in [3.8, 4) is 0 Å². The van der Waals surface area contributed by atoms with E-state index < -0.39 is 9.84 Å². The molecule has 1 aliphatic carbocycles. The number of sulfone groups is 1. The van der Waals surface area contributed by atoms with Gasteiger partial charge in [-0.15, -0.1) is 0 Å². The molecule has 0 bridgehead atoms. The highest BCUT2D eigenvalue weighted by atomic mass is 32.2. The van der Waals surface area contributed by atoms with Crippen LogP contribution in [0.3, 0.4) is 0 Å². The van der Waals surface area contributed by atoms with E-state index >= 15 is 0 Å². The average molecular weight is 256 g/mol. The molecule has 0 saturated heterocycles. The second kappa shape index (κ2) is 3.81. The molecule has 0 aromatic carbocycles. The predicted molar refractivity (Wildman–Crippen MR) is 62.1 cm³/mol. The van der Waals surface area contributed by atoms with E-state index in [1.165, 1.54) is 12.8 Å². The minimum Gasteiger partial charge on any atom is -0.390 e. The van der Waals surface area contributed by atoms with E-state index in [-0.39, 0.29) is 18.1 Å². The summed E-state index contributed by atoms with van der Waals surface area (Å²) in [6.45, 7) is 0.702. The summed E-state index contributed by atoms with van der Waals surface area (Å²) < 4.78 is 25.0. The maximum atomic E-state index is 11.6. The van der Waals surface area contributed by atoms with Gasteiger partial charge in [-0.25, -0.2) is 8.42 Å². The lowest BCUT2D eigenvalue weighted by molar-refractivity contribution is 0.265. The minimum atomic E-state index is -2.99. The topological polar surface area (TPSA) is 72.2 Å². The second-order valence-corrected chi connectivity index (χ2v) is 7.18. The first-order chi connectivity index (χ1) is 8.09. The molecule has 1 saturated carbocycles. The lowest BCUT2D eigenvalue weighted by Gasteiger charge is -2.11. The van der Waals surface area contributed by atoms with Crippen molar-refractivity contribution in [2.24, 2.45) is 5.92 Å². The molecule has 1 fully saturated rings. The molecule has 6 heteroatoms. The van der Waals surface area contributed by atoms with Crippen molar-refractivity contribution in [1.82, 2.24) is 9.78 Å². The number of fused-ring (bicyclic) bond motifs is 1. The summed E-state index contributed by atoms with van der Waals surface area (Å²) in [5, 5.41) is 13.9. The highest BCUT2D eigenvalue weighted by Crippen LogP contribution is 2.32. The average Bonchev–Trinajstić information content (AvgIpc) is 2.99. The van der Waals surface area contributed by atoms with Crippen LogP contribution >= 0.6 is 0 Å². The third-order valence-electron chi connectivity index (χ3n) is 3.54. The molecule has 0 atom stereocenters. The van der Waals surface area contributed by atoms with E-state index in [9.17, 15) is 13.5 Å². The van der Waals surface area contributed by atoms with Crippen molar-refractivity contribution in [2.75, 3.05) is 5.75 Å². The van der Waals surface area contributed by atoms with Crippen LogP contribution in [0.25, 0.3) is 0 Å². The lowest BCUT2D eigenvalue weighted by atomic mass is 10.1. The number of aryl methyl sites for hydroxylation is 1. The van der Waals surface area contributed by atoms with Gasteiger partial charge in [-0.3, -0.25) is 4.68 Å². The number of rotatable bonds is 3. The van der Waals surface area contributed by atoms with E-state index in [1.807, 2.05) is 4.68 Å². The van der Waals surface area contributed by atoms with Crippen LogP contribution in [0, 0.1) is 5.92 Å². The molecule has 0 radical (unpaired) electrons. The van der Waals surface area contributed by atoms with Crippen LogP contribution in [0.2, 0.25) is 0 Å². The summed E-state index contributed by atoms with van der Waals surface area (Å²) in [6.07, 6.45) is 2.92. The first-order valence-electron chi connectivity index (χ1n) is 5.98. The van der Waals surface area contributed by atoms with E-state index in [2.05, 4.69) is 5.10 Å². The Kier molecular flexibility index (Phi) is 2.52. The van der Waals surface area contributed by atoms with Gasteiger partial charge >= 0.3 is 0 Å². The van der Waals surface area contributed by atoms with Gasteiger partial charge in [0.25, 0.3) is 0 Å². The first-order valence-corrected chi connectivity index (χ1v) is 7.80. The Morgan fingerprint density at radius 1 is 1.41 bits per heavy atom. The predicted octanol–water partition coefficient (Wildman–Crippen LogP) is 0.256. The van der Waals surface area contributed by atoms with E-state index in [4.69, 9.17) is 0 Å². The fourth-order valence-corrected chi connectivity index (χ4v) is 3.80. The summed E-state index contributed by atoms with van der Waals surface area (Å²) >= 11 is 0. The molecule has 5 nitrogen and oxygen atoms in total. The molecule has 0 amide bonds. The third kappa shape index (κ3) is 2.11. The Morgan fingerprint density at radius 2 is 2.18 bits per heavy atom. The van der Waals surface area contributed by atoms with Crippen molar-refractivity contribution in [3.63, 3.8) is 0 Å². The molecule has 1 aromatic rings. The molecule has 2 heterocycles. The van der Waals surface area contributed by atoms with Gasteiger partial charge in [-0.1, -0.05) is 0 Å². The molecule has 3 rings (SSSR count). The standard InChI is InChI=1S/C11H16N2O3S/c14-6-11-9-7-17(15,16)4-3-10(9)12-13(11)5-8-1-2-8/h8,14H,1-7H2. The number of hydrogen-bond acceptors (Lipinski definition) is 4. The van der Waals surface area contributed by atoms with Gasteiger partial charge in [0.1, 0.15) is 0 Å². The minimum absolute atomic E-state index is 0.0445. The summed E-state index contributed by atoms with van der Waals surface area (Å²) in [4.78, 5) is 0. The quantitative estimate of drug-likeness (QED) is 0.842. The number of hydrogen-bond donors (Lipinski definition) is 1. The summed E-state index contributed by atoms with van der Waals surface area (Å²) in [6, 6.07) is 0. The van der Waals surface area contributed by atoms with Gasteiger partial charge in [0.15, 0.2) is 9.84 Å². The molecule has 1 N–H and O–H groups in total. The van der Waals surface area contributed by atoms with E-state index in [1.54, 1.807) is 0 Å². The van der Waals surface area contributed by atoms with Gasteiger partial charge < -0.3 is 5.11 Å². The molecule has 0 unspecified atom stereocenters. The van der Waals surface area contributed by atoms with Crippen molar-refractivity contribution >= 4 is 9.84 Å².